The molecule has 1 aromatic rings. The van der Waals surface area contributed by atoms with Crippen LogP contribution in [0.4, 0.5) is 0 Å². The summed E-state index contributed by atoms with van der Waals surface area (Å²) in [5.74, 6) is 0.710. The normalized spacial score (nSPS) is 22.7. The Bertz CT molecular complexity index is 480. The Morgan fingerprint density at radius 1 is 1.19 bits per heavy atom. The smallest absolute Gasteiger partial charge is 0.0408 e. The first kappa shape index (κ1) is 15.4. The van der Waals surface area contributed by atoms with Crippen LogP contribution in [0, 0.1) is 11.3 Å². The fourth-order valence-electron chi connectivity index (χ4n) is 4.71. The molecule has 2 aliphatic rings. The zero-order valence-corrected chi connectivity index (χ0v) is 14.2. The Hall–Kier alpha value is -0.530. The first-order valence-corrected chi connectivity index (χ1v) is 8.88. The topological polar surface area (TPSA) is 12.0 Å². The van der Waals surface area contributed by atoms with Gasteiger partial charge in [0, 0.05) is 17.0 Å². The van der Waals surface area contributed by atoms with Gasteiger partial charge >= 0.3 is 0 Å². The van der Waals surface area contributed by atoms with Crippen molar-refractivity contribution in [1.29, 1.82) is 0 Å². The zero-order chi connectivity index (χ0) is 14.9. The monoisotopic (exact) mass is 305 g/mol. The predicted octanol–water partition coefficient (Wildman–Crippen LogP) is 5.18. The maximum absolute atomic E-state index is 6.25. The highest BCUT2D eigenvalue weighted by Crippen LogP contribution is 2.62. The summed E-state index contributed by atoms with van der Waals surface area (Å²) in [6, 6.07) is 8.58. The van der Waals surface area contributed by atoms with Gasteiger partial charge in [-0.1, -0.05) is 50.4 Å². The lowest BCUT2D eigenvalue weighted by molar-refractivity contribution is 0.0266. The highest BCUT2D eigenvalue weighted by Gasteiger charge is 2.55. The van der Waals surface area contributed by atoms with Gasteiger partial charge in [-0.25, -0.2) is 0 Å². The Balaban J connectivity index is 1.76. The average Bonchev–Trinajstić information content (AvgIpc) is 2.86. The molecular weight excluding hydrogens is 278 g/mol. The summed E-state index contributed by atoms with van der Waals surface area (Å²) in [6.45, 7) is 6.76. The van der Waals surface area contributed by atoms with Gasteiger partial charge in [0.1, 0.15) is 0 Å². The standard InChI is InChI=1S/C19H28ClN/c1-15(2)11-21-14-19(16-6-5-7-17(20)10-16)12-18(13-19)8-3-4-9-18/h5-7,10,15,21H,3-4,8-9,11-14H2,1-2H3. The molecule has 1 nitrogen and oxygen atoms in total. The van der Waals surface area contributed by atoms with Crippen molar-refractivity contribution < 1.29 is 0 Å². The Morgan fingerprint density at radius 3 is 2.52 bits per heavy atom. The van der Waals surface area contributed by atoms with Gasteiger partial charge in [0.15, 0.2) is 0 Å². The summed E-state index contributed by atoms with van der Waals surface area (Å²) < 4.78 is 0. The number of hydrogen-bond donors (Lipinski definition) is 1. The van der Waals surface area contributed by atoms with E-state index in [1.165, 1.54) is 44.1 Å². The van der Waals surface area contributed by atoms with Gasteiger partial charge in [-0.05, 0) is 61.3 Å². The number of rotatable bonds is 5. The van der Waals surface area contributed by atoms with Gasteiger partial charge in [0.05, 0.1) is 0 Å². The lowest BCUT2D eigenvalue weighted by atomic mass is 9.49. The van der Waals surface area contributed by atoms with Gasteiger partial charge < -0.3 is 5.32 Å². The van der Waals surface area contributed by atoms with E-state index in [9.17, 15) is 0 Å². The molecule has 0 atom stereocenters. The van der Waals surface area contributed by atoms with E-state index in [1.807, 2.05) is 6.07 Å². The van der Waals surface area contributed by atoms with Crippen molar-refractivity contribution in [2.24, 2.45) is 11.3 Å². The molecule has 0 amide bonds. The Morgan fingerprint density at radius 2 is 1.90 bits per heavy atom. The number of nitrogens with one attached hydrogen (secondary N) is 1. The molecule has 2 fully saturated rings. The second kappa shape index (κ2) is 5.93. The van der Waals surface area contributed by atoms with Crippen molar-refractivity contribution in [3.8, 4) is 0 Å². The fourth-order valence-corrected chi connectivity index (χ4v) is 4.90. The van der Waals surface area contributed by atoms with Crippen LogP contribution >= 0.6 is 11.6 Å². The summed E-state index contributed by atoms with van der Waals surface area (Å²) in [7, 11) is 0. The van der Waals surface area contributed by atoms with Crippen LogP contribution in [0.5, 0.6) is 0 Å². The molecule has 0 saturated heterocycles. The van der Waals surface area contributed by atoms with Crippen LogP contribution < -0.4 is 5.32 Å². The van der Waals surface area contributed by atoms with Crippen LogP contribution in [0.2, 0.25) is 5.02 Å². The van der Waals surface area contributed by atoms with E-state index in [0.717, 1.165) is 18.1 Å². The SMILES string of the molecule is CC(C)CNCC1(c2cccc(Cl)c2)CC2(CCCC2)C1. The van der Waals surface area contributed by atoms with Crippen LogP contribution in [-0.4, -0.2) is 13.1 Å². The molecule has 0 unspecified atom stereocenters. The third kappa shape index (κ3) is 3.14. The van der Waals surface area contributed by atoms with Gasteiger partial charge in [-0.3, -0.25) is 0 Å². The van der Waals surface area contributed by atoms with E-state index < -0.39 is 0 Å². The van der Waals surface area contributed by atoms with Crippen molar-refractivity contribution in [3.63, 3.8) is 0 Å². The minimum Gasteiger partial charge on any atom is -0.316 e. The Kier molecular flexibility index (Phi) is 4.34. The van der Waals surface area contributed by atoms with E-state index in [-0.39, 0.29) is 0 Å². The highest BCUT2D eigenvalue weighted by atomic mass is 35.5. The molecule has 21 heavy (non-hydrogen) atoms. The van der Waals surface area contributed by atoms with E-state index >= 15 is 0 Å². The largest absolute Gasteiger partial charge is 0.316 e. The quantitative estimate of drug-likeness (QED) is 0.790. The van der Waals surface area contributed by atoms with E-state index in [0.29, 0.717) is 16.7 Å². The molecule has 1 N–H and O–H groups in total. The predicted molar refractivity (Wildman–Crippen MR) is 91.0 cm³/mol. The second-order valence-corrected chi connectivity index (χ2v) is 8.31. The first-order chi connectivity index (χ1) is 10.0. The van der Waals surface area contributed by atoms with Crippen LogP contribution in [0.1, 0.15) is 57.9 Å². The minimum absolute atomic E-state index is 0.324. The Labute approximate surface area is 134 Å². The van der Waals surface area contributed by atoms with Crippen molar-refractivity contribution >= 4 is 11.6 Å². The summed E-state index contributed by atoms with van der Waals surface area (Å²) in [4.78, 5) is 0. The summed E-state index contributed by atoms with van der Waals surface area (Å²) in [5.41, 5.74) is 2.43. The molecule has 1 spiro atoms. The molecule has 0 aromatic heterocycles. The highest BCUT2D eigenvalue weighted by molar-refractivity contribution is 6.30. The number of benzene rings is 1. The second-order valence-electron chi connectivity index (χ2n) is 7.88. The summed E-state index contributed by atoms with van der Waals surface area (Å²) in [5, 5.41) is 4.59. The van der Waals surface area contributed by atoms with E-state index in [2.05, 4.69) is 37.4 Å². The molecule has 2 saturated carbocycles. The van der Waals surface area contributed by atoms with Crippen molar-refractivity contribution in [2.45, 2.75) is 57.8 Å². The maximum Gasteiger partial charge on any atom is 0.0408 e. The van der Waals surface area contributed by atoms with Gasteiger partial charge in [0.2, 0.25) is 0 Å². The molecule has 2 heteroatoms. The molecule has 1 aromatic carbocycles. The van der Waals surface area contributed by atoms with Gasteiger partial charge in [-0.15, -0.1) is 0 Å². The number of hydrogen-bond acceptors (Lipinski definition) is 1. The third-order valence-corrected chi connectivity index (χ3v) is 5.78. The van der Waals surface area contributed by atoms with E-state index in [1.54, 1.807) is 0 Å². The van der Waals surface area contributed by atoms with Gasteiger partial charge in [-0.2, -0.15) is 0 Å². The fraction of sp³-hybridized carbons (Fsp3) is 0.684. The van der Waals surface area contributed by atoms with Crippen LogP contribution in [0.25, 0.3) is 0 Å². The van der Waals surface area contributed by atoms with Crippen LogP contribution in [-0.2, 0) is 5.41 Å². The van der Waals surface area contributed by atoms with E-state index in [4.69, 9.17) is 11.6 Å². The summed E-state index contributed by atoms with van der Waals surface area (Å²) in [6.07, 6.45) is 8.46. The number of halogens is 1. The third-order valence-electron chi connectivity index (χ3n) is 5.54. The maximum atomic E-state index is 6.25. The lowest BCUT2D eigenvalue weighted by Gasteiger charge is -2.56. The first-order valence-electron chi connectivity index (χ1n) is 8.51. The molecule has 0 bridgehead atoms. The molecule has 3 rings (SSSR count). The zero-order valence-electron chi connectivity index (χ0n) is 13.4. The summed E-state index contributed by atoms with van der Waals surface area (Å²) >= 11 is 6.25. The van der Waals surface area contributed by atoms with Gasteiger partial charge in [0.25, 0.3) is 0 Å². The lowest BCUT2D eigenvalue weighted by Crippen LogP contribution is -2.54. The van der Waals surface area contributed by atoms with Crippen LogP contribution in [0.15, 0.2) is 24.3 Å². The van der Waals surface area contributed by atoms with Crippen molar-refractivity contribution in [2.75, 3.05) is 13.1 Å². The minimum atomic E-state index is 0.324. The average molecular weight is 306 g/mol. The molecule has 0 heterocycles. The molecular formula is C19H28ClN. The van der Waals surface area contributed by atoms with Crippen LogP contribution in [0.3, 0.4) is 0 Å². The van der Waals surface area contributed by atoms with Crippen molar-refractivity contribution in [3.05, 3.63) is 34.9 Å². The molecule has 2 aliphatic carbocycles. The molecule has 0 radical (unpaired) electrons. The van der Waals surface area contributed by atoms with Crippen molar-refractivity contribution in [1.82, 2.24) is 5.32 Å². The molecule has 0 aliphatic heterocycles. The molecule has 116 valence electrons.